The first-order valence-electron chi connectivity index (χ1n) is 6.46. The lowest BCUT2D eigenvalue weighted by Crippen LogP contribution is -2.02. The van der Waals surface area contributed by atoms with Gasteiger partial charge in [-0.1, -0.05) is 17.7 Å². The van der Waals surface area contributed by atoms with Crippen LogP contribution < -0.4 is 14.8 Å². The van der Waals surface area contributed by atoms with Gasteiger partial charge in [0, 0.05) is 17.3 Å². The Hall–Kier alpha value is -1.39. The van der Waals surface area contributed by atoms with Crippen LogP contribution in [0.4, 0.5) is 5.69 Å². The summed E-state index contributed by atoms with van der Waals surface area (Å²) >= 11 is 9.62. The van der Waals surface area contributed by atoms with Crippen LogP contribution in [0.25, 0.3) is 0 Å². The van der Waals surface area contributed by atoms with E-state index in [0.717, 1.165) is 26.3 Å². The van der Waals surface area contributed by atoms with Gasteiger partial charge in [-0.25, -0.2) is 0 Å². The van der Waals surface area contributed by atoms with E-state index >= 15 is 0 Å². The van der Waals surface area contributed by atoms with E-state index in [4.69, 9.17) is 21.1 Å². The summed E-state index contributed by atoms with van der Waals surface area (Å²) in [4.78, 5) is 0. The molecule has 0 aliphatic heterocycles. The average molecular weight is 371 g/mol. The van der Waals surface area contributed by atoms with Gasteiger partial charge in [-0.15, -0.1) is 0 Å². The van der Waals surface area contributed by atoms with Crippen LogP contribution in [0.3, 0.4) is 0 Å². The first-order chi connectivity index (χ1) is 10.1. The summed E-state index contributed by atoms with van der Waals surface area (Å²) in [7, 11) is 3.25. The second-order valence-corrected chi connectivity index (χ2v) is 5.84. The van der Waals surface area contributed by atoms with Crippen molar-refractivity contribution in [1.82, 2.24) is 0 Å². The smallest absolute Gasteiger partial charge is 0.174 e. The minimum Gasteiger partial charge on any atom is -0.493 e. The standard InChI is InChI=1S/C16H17BrClNO2/c1-10-13(18)5-4-6-14(10)19-9-11-7-12(17)16(21-3)15(8-11)20-2/h4-8,19H,9H2,1-3H3. The number of rotatable bonds is 5. The van der Waals surface area contributed by atoms with Crippen molar-refractivity contribution < 1.29 is 9.47 Å². The number of nitrogens with one attached hydrogen (secondary N) is 1. The molecule has 5 heteroatoms. The monoisotopic (exact) mass is 369 g/mol. The zero-order valence-corrected chi connectivity index (χ0v) is 14.5. The fourth-order valence-electron chi connectivity index (χ4n) is 2.07. The van der Waals surface area contributed by atoms with Crippen LogP contribution in [0.1, 0.15) is 11.1 Å². The van der Waals surface area contributed by atoms with Gasteiger partial charge in [0.2, 0.25) is 0 Å². The molecule has 2 aromatic carbocycles. The zero-order chi connectivity index (χ0) is 15.4. The number of halogens is 2. The van der Waals surface area contributed by atoms with Gasteiger partial charge < -0.3 is 14.8 Å². The van der Waals surface area contributed by atoms with Crippen LogP contribution in [0.5, 0.6) is 11.5 Å². The second-order valence-electron chi connectivity index (χ2n) is 4.58. The summed E-state index contributed by atoms with van der Waals surface area (Å²) in [5.74, 6) is 1.40. The van der Waals surface area contributed by atoms with Crippen molar-refractivity contribution in [1.29, 1.82) is 0 Å². The van der Waals surface area contributed by atoms with Crippen molar-refractivity contribution in [2.45, 2.75) is 13.5 Å². The summed E-state index contributed by atoms with van der Waals surface area (Å²) in [5, 5.41) is 4.14. The Bertz CT molecular complexity index is 646. The van der Waals surface area contributed by atoms with Gasteiger partial charge in [0.05, 0.1) is 18.7 Å². The molecule has 0 amide bonds. The van der Waals surface area contributed by atoms with E-state index in [0.29, 0.717) is 18.0 Å². The Morgan fingerprint density at radius 3 is 2.62 bits per heavy atom. The lowest BCUT2D eigenvalue weighted by atomic mass is 10.1. The molecular formula is C16H17BrClNO2. The Kier molecular flexibility index (Phi) is 5.37. The fourth-order valence-corrected chi connectivity index (χ4v) is 2.90. The molecule has 112 valence electrons. The quantitative estimate of drug-likeness (QED) is 0.800. The van der Waals surface area contributed by atoms with Crippen LogP contribution >= 0.6 is 27.5 Å². The predicted molar refractivity (Wildman–Crippen MR) is 90.8 cm³/mol. The van der Waals surface area contributed by atoms with E-state index in [2.05, 4.69) is 21.2 Å². The van der Waals surface area contributed by atoms with Crippen LogP contribution in [-0.4, -0.2) is 14.2 Å². The number of hydrogen-bond acceptors (Lipinski definition) is 3. The van der Waals surface area contributed by atoms with Crippen LogP contribution in [-0.2, 0) is 6.54 Å². The van der Waals surface area contributed by atoms with Gasteiger partial charge in [0.25, 0.3) is 0 Å². The third-order valence-electron chi connectivity index (χ3n) is 3.24. The molecule has 0 aromatic heterocycles. The minimum atomic E-state index is 0.667. The maximum Gasteiger partial charge on any atom is 0.174 e. The fraction of sp³-hybridized carbons (Fsp3) is 0.250. The van der Waals surface area contributed by atoms with E-state index in [9.17, 15) is 0 Å². The minimum absolute atomic E-state index is 0.667. The second kappa shape index (κ2) is 7.05. The van der Waals surface area contributed by atoms with E-state index in [-0.39, 0.29) is 0 Å². The maximum atomic E-state index is 6.12. The highest BCUT2D eigenvalue weighted by molar-refractivity contribution is 9.10. The Morgan fingerprint density at radius 1 is 1.19 bits per heavy atom. The molecule has 21 heavy (non-hydrogen) atoms. The molecule has 0 aliphatic rings. The van der Waals surface area contributed by atoms with Gasteiger partial charge in [0.15, 0.2) is 11.5 Å². The highest BCUT2D eigenvalue weighted by Crippen LogP contribution is 2.36. The first kappa shape index (κ1) is 16.0. The molecule has 1 N–H and O–H groups in total. The molecule has 0 saturated heterocycles. The predicted octanol–water partition coefficient (Wildman–Crippen LogP) is 5.04. The molecule has 0 unspecified atom stereocenters. The number of anilines is 1. The molecule has 0 fully saturated rings. The molecule has 0 aliphatic carbocycles. The SMILES string of the molecule is COc1cc(CNc2cccc(Cl)c2C)cc(Br)c1OC. The van der Waals surface area contributed by atoms with Crippen molar-refractivity contribution in [2.24, 2.45) is 0 Å². The molecule has 0 heterocycles. The normalized spacial score (nSPS) is 10.3. The molecular weight excluding hydrogens is 354 g/mol. The number of ether oxygens (including phenoxy) is 2. The van der Waals surface area contributed by atoms with Gasteiger partial charge in [0.1, 0.15) is 0 Å². The van der Waals surface area contributed by atoms with Crippen LogP contribution in [0, 0.1) is 6.92 Å². The molecule has 0 spiro atoms. The van der Waals surface area contributed by atoms with E-state index in [1.54, 1.807) is 14.2 Å². The van der Waals surface area contributed by atoms with Gasteiger partial charge in [-0.3, -0.25) is 0 Å². The topological polar surface area (TPSA) is 30.5 Å². The number of hydrogen-bond donors (Lipinski definition) is 1. The summed E-state index contributed by atoms with van der Waals surface area (Å²) in [6.07, 6.45) is 0. The van der Waals surface area contributed by atoms with E-state index in [1.807, 2.05) is 37.3 Å². The lowest BCUT2D eigenvalue weighted by molar-refractivity contribution is 0.352. The Labute approximate surface area is 138 Å². The molecule has 0 bridgehead atoms. The Morgan fingerprint density at radius 2 is 1.95 bits per heavy atom. The summed E-state index contributed by atoms with van der Waals surface area (Å²) in [6.45, 7) is 2.66. The van der Waals surface area contributed by atoms with Crippen molar-refractivity contribution in [3.63, 3.8) is 0 Å². The maximum absolute atomic E-state index is 6.12. The third kappa shape index (κ3) is 3.63. The lowest BCUT2D eigenvalue weighted by Gasteiger charge is -2.14. The average Bonchev–Trinajstić information content (AvgIpc) is 2.48. The molecule has 3 nitrogen and oxygen atoms in total. The first-order valence-corrected chi connectivity index (χ1v) is 7.63. The van der Waals surface area contributed by atoms with Crippen molar-refractivity contribution in [2.75, 3.05) is 19.5 Å². The van der Waals surface area contributed by atoms with Crippen molar-refractivity contribution >= 4 is 33.2 Å². The number of benzene rings is 2. The molecule has 0 atom stereocenters. The van der Waals surface area contributed by atoms with E-state index < -0.39 is 0 Å². The highest BCUT2D eigenvalue weighted by Gasteiger charge is 2.10. The summed E-state index contributed by atoms with van der Waals surface area (Å²) < 4.78 is 11.5. The highest BCUT2D eigenvalue weighted by atomic mass is 79.9. The van der Waals surface area contributed by atoms with Crippen LogP contribution in [0.2, 0.25) is 5.02 Å². The largest absolute Gasteiger partial charge is 0.493 e. The molecule has 2 aromatic rings. The van der Waals surface area contributed by atoms with Crippen LogP contribution in [0.15, 0.2) is 34.8 Å². The zero-order valence-electron chi connectivity index (χ0n) is 12.2. The summed E-state index contributed by atoms with van der Waals surface area (Å²) in [5.41, 5.74) is 3.14. The molecule has 2 rings (SSSR count). The Balaban J connectivity index is 2.20. The van der Waals surface area contributed by atoms with Gasteiger partial charge in [-0.2, -0.15) is 0 Å². The van der Waals surface area contributed by atoms with Crippen molar-refractivity contribution in [3.05, 3.63) is 51.0 Å². The van der Waals surface area contributed by atoms with E-state index in [1.165, 1.54) is 0 Å². The third-order valence-corrected chi connectivity index (χ3v) is 4.24. The molecule has 0 saturated carbocycles. The van der Waals surface area contributed by atoms with Crippen molar-refractivity contribution in [3.8, 4) is 11.5 Å². The number of methoxy groups -OCH3 is 2. The van der Waals surface area contributed by atoms with Gasteiger partial charge in [-0.05, 0) is 58.2 Å². The summed E-state index contributed by atoms with van der Waals surface area (Å²) in [6, 6.07) is 9.79. The molecule has 0 radical (unpaired) electrons. The van der Waals surface area contributed by atoms with Gasteiger partial charge >= 0.3 is 0 Å².